The molecule has 0 fully saturated rings. The van der Waals surface area contributed by atoms with Crippen molar-refractivity contribution >= 4 is 16.8 Å². The second-order valence-electron chi connectivity index (χ2n) is 3.48. The third-order valence-corrected chi connectivity index (χ3v) is 2.47. The Morgan fingerprint density at radius 3 is 2.94 bits per heavy atom. The number of anilines is 1. The van der Waals surface area contributed by atoms with E-state index in [0.29, 0.717) is 16.8 Å². The van der Waals surface area contributed by atoms with E-state index in [1.165, 1.54) is 6.07 Å². The molecule has 4 nitrogen and oxygen atoms in total. The molecule has 3 aromatic rings. The lowest BCUT2D eigenvalue weighted by molar-refractivity contribution is 0.438. The zero-order valence-electron chi connectivity index (χ0n) is 8.20. The molecule has 80 valence electrons. The molecule has 0 radical (unpaired) electrons. The van der Waals surface area contributed by atoms with Crippen molar-refractivity contribution in [3.8, 4) is 11.3 Å². The van der Waals surface area contributed by atoms with Crippen molar-refractivity contribution in [1.82, 2.24) is 10.1 Å². The van der Waals surface area contributed by atoms with Crippen LogP contribution in [0, 0.1) is 5.82 Å². The van der Waals surface area contributed by atoms with Gasteiger partial charge in [0.05, 0.1) is 5.52 Å². The maximum Gasteiger partial charge on any atom is 0.222 e. The lowest BCUT2D eigenvalue weighted by Gasteiger charge is -1.99. The van der Waals surface area contributed by atoms with Gasteiger partial charge in [0.15, 0.2) is 5.82 Å². The van der Waals surface area contributed by atoms with Crippen molar-refractivity contribution in [2.45, 2.75) is 0 Å². The molecule has 0 aliphatic rings. The van der Waals surface area contributed by atoms with E-state index < -0.39 is 0 Å². The number of hydrogen-bond acceptors (Lipinski definition) is 3. The zero-order valence-corrected chi connectivity index (χ0v) is 8.20. The Balaban J connectivity index is 2.27. The van der Waals surface area contributed by atoms with Gasteiger partial charge >= 0.3 is 0 Å². The van der Waals surface area contributed by atoms with E-state index in [9.17, 15) is 4.39 Å². The van der Waals surface area contributed by atoms with Crippen LogP contribution in [0.4, 0.5) is 10.3 Å². The number of hydrogen-bond donors (Lipinski definition) is 2. The van der Waals surface area contributed by atoms with Gasteiger partial charge in [-0.15, -0.1) is 0 Å². The molecule has 0 saturated heterocycles. The number of aromatic nitrogens is 2. The lowest BCUT2D eigenvalue weighted by atomic mass is 10.1. The Morgan fingerprint density at radius 2 is 2.19 bits per heavy atom. The number of nitrogens with zero attached hydrogens (tertiary/aromatic N) is 1. The highest BCUT2D eigenvalue weighted by atomic mass is 19.1. The van der Waals surface area contributed by atoms with E-state index >= 15 is 0 Å². The molecule has 2 aromatic heterocycles. The number of H-pyrrole nitrogens is 1. The standard InChI is InChI=1S/C11H8FN3O/c12-10-7(8-5-9(13)16-15-8)2-1-6-3-4-14-11(6)10/h1-5,14H,13H2. The van der Waals surface area contributed by atoms with Crippen LogP contribution in [0.15, 0.2) is 35.0 Å². The highest BCUT2D eigenvalue weighted by molar-refractivity contribution is 5.85. The number of halogens is 1. The Kier molecular flexibility index (Phi) is 1.73. The topological polar surface area (TPSA) is 67.8 Å². The third kappa shape index (κ3) is 1.18. The number of nitrogens with one attached hydrogen (secondary N) is 1. The van der Waals surface area contributed by atoms with Gasteiger partial charge in [0.1, 0.15) is 5.69 Å². The summed E-state index contributed by atoms with van der Waals surface area (Å²) in [6, 6.07) is 6.77. The van der Waals surface area contributed by atoms with Crippen LogP contribution in [-0.4, -0.2) is 10.1 Å². The summed E-state index contributed by atoms with van der Waals surface area (Å²) in [4.78, 5) is 2.84. The van der Waals surface area contributed by atoms with Gasteiger partial charge in [-0.3, -0.25) is 0 Å². The van der Waals surface area contributed by atoms with Crippen LogP contribution in [0.2, 0.25) is 0 Å². The van der Waals surface area contributed by atoms with Crippen LogP contribution in [0.1, 0.15) is 0 Å². The van der Waals surface area contributed by atoms with Gasteiger partial charge in [0, 0.05) is 23.2 Å². The minimum absolute atomic E-state index is 0.168. The Morgan fingerprint density at radius 1 is 1.31 bits per heavy atom. The first-order valence-electron chi connectivity index (χ1n) is 4.74. The van der Waals surface area contributed by atoms with Gasteiger partial charge < -0.3 is 15.2 Å². The first-order valence-corrected chi connectivity index (χ1v) is 4.74. The van der Waals surface area contributed by atoms with Gasteiger partial charge in [0.25, 0.3) is 0 Å². The number of benzene rings is 1. The largest absolute Gasteiger partial charge is 0.368 e. The third-order valence-electron chi connectivity index (χ3n) is 2.47. The fourth-order valence-corrected chi connectivity index (χ4v) is 1.71. The Hall–Kier alpha value is -2.30. The van der Waals surface area contributed by atoms with Gasteiger partial charge in [0.2, 0.25) is 5.88 Å². The molecule has 0 atom stereocenters. The van der Waals surface area contributed by atoms with Crippen molar-refractivity contribution < 1.29 is 8.91 Å². The number of fused-ring (bicyclic) bond motifs is 1. The van der Waals surface area contributed by atoms with Crippen molar-refractivity contribution in [3.05, 3.63) is 36.3 Å². The zero-order chi connectivity index (χ0) is 11.1. The van der Waals surface area contributed by atoms with Crippen LogP contribution < -0.4 is 5.73 Å². The smallest absolute Gasteiger partial charge is 0.222 e. The predicted octanol–water partition coefficient (Wildman–Crippen LogP) is 2.54. The molecular weight excluding hydrogens is 209 g/mol. The molecule has 1 aromatic carbocycles. The minimum atomic E-state index is -0.351. The second-order valence-corrected chi connectivity index (χ2v) is 3.48. The lowest BCUT2D eigenvalue weighted by Crippen LogP contribution is -1.86. The molecular formula is C11H8FN3O. The molecule has 0 aliphatic carbocycles. The van der Waals surface area contributed by atoms with E-state index in [0.717, 1.165) is 5.39 Å². The van der Waals surface area contributed by atoms with Crippen LogP contribution >= 0.6 is 0 Å². The summed E-state index contributed by atoms with van der Waals surface area (Å²) in [7, 11) is 0. The predicted molar refractivity (Wildman–Crippen MR) is 58.2 cm³/mol. The summed E-state index contributed by atoms with van der Waals surface area (Å²) in [5, 5.41) is 4.50. The van der Waals surface area contributed by atoms with Crippen LogP contribution in [0.3, 0.4) is 0 Å². The van der Waals surface area contributed by atoms with E-state index in [1.807, 2.05) is 6.07 Å². The molecule has 0 aliphatic heterocycles. The van der Waals surface area contributed by atoms with E-state index in [1.54, 1.807) is 18.3 Å². The molecule has 0 spiro atoms. The average Bonchev–Trinajstić information content (AvgIpc) is 2.87. The van der Waals surface area contributed by atoms with Crippen molar-refractivity contribution in [3.63, 3.8) is 0 Å². The molecule has 2 heterocycles. The quantitative estimate of drug-likeness (QED) is 0.658. The summed E-state index contributed by atoms with van der Waals surface area (Å²) in [5.41, 5.74) is 6.62. The molecule has 0 saturated carbocycles. The SMILES string of the molecule is Nc1cc(-c2ccc3cc[nH]c3c2F)no1. The molecule has 3 rings (SSSR count). The maximum atomic E-state index is 14.0. The summed E-state index contributed by atoms with van der Waals surface area (Å²) >= 11 is 0. The molecule has 0 amide bonds. The van der Waals surface area contributed by atoms with Crippen LogP contribution in [0.5, 0.6) is 0 Å². The number of nitrogens with two attached hydrogens (primary N) is 1. The molecule has 16 heavy (non-hydrogen) atoms. The fourth-order valence-electron chi connectivity index (χ4n) is 1.71. The molecule has 5 heteroatoms. The average molecular weight is 217 g/mol. The molecule has 0 bridgehead atoms. The second kappa shape index (κ2) is 3.10. The normalized spacial score (nSPS) is 11.1. The number of nitrogen functional groups attached to an aromatic ring is 1. The van der Waals surface area contributed by atoms with Gasteiger partial charge in [-0.2, -0.15) is 0 Å². The van der Waals surface area contributed by atoms with Crippen molar-refractivity contribution in [2.75, 3.05) is 5.73 Å². The number of rotatable bonds is 1. The van der Waals surface area contributed by atoms with E-state index in [-0.39, 0.29) is 11.7 Å². The van der Waals surface area contributed by atoms with Gasteiger partial charge in [-0.1, -0.05) is 11.2 Å². The summed E-state index contributed by atoms with van der Waals surface area (Å²) in [5.74, 6) is -0.184. The number of aromatic amines is 1. The van der Waals surface area contributed by atoms with Crippen molar-refractivity contribution in [1.29, 1.82) is 0 Å². The fraction of sp³-hybridized carbons (Fsp3) is 0. The summed E-state index contributed by atoms with van der Waals surface area (Å²) in [6.07, 6.45) is 1.69. The van der Waals surface area contributed by atoms with Gasteiger partial charge in [-0.05, 0) is 12.1 Å². The van der Waals surface area contributed by atoms with Crippen LogP contribution in [0.25, 0.3) is 22.2 Å². The summed E-state index contributed by atoms with van der Waals surface area (Å²) < 4.78 is 18.8. The Labute approximate surface area is 89.9 Å². The molecule has 3 N–H and O–H groups in total. The Bertz CT molecular complexity index is 656. The highest BCUT2D eigenvalue weighted by Crippen LogP contribution is 2.28. The highest BCUT2D eigenvalue weighted by Gasteiger charge is 2.13. The first kappa shape index (κ1) is 8.96. The van der Waals surface area contributed by atoms with Gasteiger partial charge in [-0.25, -0.2) is 4.39 Å². The summed E-state index contributed by atoms with van der Waals surface area (Å²) in [6.45, 7) is 0. The molecule has 0 unspecified atom stereocenters. The first-order chi connectivity index (χ1) is 7.75. The monoisotopic (exact) mass is 217 g/mol. The van der Waals surface area contributed by atoms with E-state index in [4.69, 9.17) is 10.3 Å². The minimum Gasteiger partial charge on any atom is -0.368 e. The van der Waals surface area contributed by atoms with Crippen LogP contribution in [-0.2, 0) is 0 Å². The van der Waals surface area contributed by atoms with Crippen molar-refractivity contribution in [2.24, 2.45) is 0 Å². The van der Waals surface area contributed by atoms with E-state index in [2.05, 4.69) is 10.1 Å². The maximum absolute atomic E-state index is 14.0.